The van der Waals surface area contributed by atoms with Crippen LogP contribution in [-0.2, 0) is 4.79 Å². The van der Waals surface area contributed by atoms with Crippen LogP contribution in [-0.4, -0.2) is 27.3 Å². The van der Waals surface area contributed by atoms with E-state index in [1.807, 2.05) is 19.1 Å². The molecule has 122 valence electrons. The molecule has 0 aliphatic heterocycles. The van der Waals surface area contributed by atoms with Crippen LogP contribution in [0, 0.1) is 12.7 Å². The van der Waals surface area contributed by atoms with Crippen molar-refractivity contribution in [1.82, 2.24) is 14.8 Å². The highest BCUT2D eigenvalue weighted by Crippen LogP contribution is 2.17. The molecule has 0 bridgehead atoms. The van der Waals surface area contributed by atoms with Gasteiger partial charge in [0.2, 0.25) is 0 Å². The van der Waals surface area contributed by atoms with E-state index in [4.69, 9.17) is 4.74 Å². The number of para-hydroxylation sites is 1. The van der Waals surface area contributed by atoms with E-state index >= 15 is 0 Å². The van der Waals surface area contributed by atoms with Crippen LogP contribution < -0.4 is 10.1 Å². The molecule has 1 amide bonds. The Kier molecular flexibility index (Phi) is 4.51. The van der Waals surface area contributed by atoms with Gasteiger partial charge in [-0.1, -0.05) is 18.2 Å². The van der Waals surface area contributed by atoms with Crippen LogP contribution in [0.1, 0.15) is 5.82 Å². The zero-order valence-corrected chi connectivity index (χ0v) is 12.9. The number of aryl methyl sites for hydroxylation is 1. The Bertz CT molecular complexity index is 863. The number of halogens is 1. The molecule has 3 rings (SSSR count). The molecule has 0 spiro atoms. The number of aromatic nitrogens is 3. The van der Waals surface area contributed by atoms with Crippen molar-refractivity contribution in [3.05, 3.63) is 66.5 Å². The summed E-state index contributed by atoms with van der Waals surface area (Å²) in [7, 11) is 0. The maximum atomic E-state index is 13.4. The number of rotatable bonds is 5. The number of carbonyl (C=O) groups is 1. The van der Waals surface area contributed by atoms with E-state index in [1.165, 1.54) is 12.1 Å². The zero-order valence-electron chi connectivity index (χ0n) is 12.9. The number of carbonyl (C=O) groups excluding carboxylic acids is 1. The molecule has 1 heterocycles. The van der Waals surface area contributed by atoms with E-state index in [-0.39, 0.29) is 18.3 Å². The van der Waals surface area contributed by atoms with Crippen LogP contribution in [0.25, 0.3) is 5.69 Å². The van der Waals surface area contributed by atoms with Gasteiger partial charge >= 0.3 is 0 Å². The van der Waals surface area contributed by atoms with E-state index in [9.17, 15) is 9.18 Å². The Labute approximate surface area is 137 Å². The first-order valence-corrected chi connectivity index (χ1v) is 7.28. The molecule has 2 aromatic carbocycles. The summed E-state index contributed by atoms with van der Waals surface area (Å²) in [5.41, 5.74) is 1.42. The Morgan fingerprint density at radius 2 is 2.08 bits per heavy atom. The summed E-state index contributed by atoms with van der Waals surface area (Å²) >= 11 is 0. The van der Waals surface area contributed by atoms with E-state index in [0.29, 0.717) is 5.69 Å². The van der Waals surface area contributed by atoms with Crippen molar-refractivity contribution in [2.75, 3.05) is 11.9 Å². The number of anilines is 1. The second kappa shape index (κ2) is 6.91. The molecule has 1 aromatic heterocycles. The Hall–Kier alpha value is -3.22. The SMILES string of the molecule is Cc1nncn1-c1cccc(NC(=O)COc2ccccc2F)c1. The molecule has 24 heavy (non-hydrogen) atoms. The summed E-state index contributed by atoms with van der Waals surface area (Å²) in [6.07, 6.45) is 1.59. The Balaban J connectivity index is 1.65. The number of nitrogens with one attached hydrogen (secondary N) is 1. The summed E-state index contributed by atoms with van der Waals surface area (Å²) in [5.74, 6) is -0.103. The lowest BCUT2D eigenvalue weighted by molar-refractivity contribution is -0.118. The van der Waals surface area contributed by atoms with Crippen LogP contribution in [0.5, 0.6) is 5.75 Å². The lowest BCUT2D eigenvalue weighted by Gasteiger charge is -2.10. The van der Waals surface area contributed by atoms with Gasteiger partial charge in [0, 0.05) is 5.69 Å². The molecule has 0 fully saturated rings. The van der Waals surface area contributed by atoms with Crippen molar-refractivity contribution in [2.45, 2.75) is 6.92 Å². The fourth-order valence-corrected chi connectivity index (χ4v) is 2.18. The van der Waals surface area contributed by atoms with Gasteiger partial charge in [0.15, 0.2) is 18.2 Å². The van der Waals surface area contributed by atoms with Crippen molar-refractivity contribution in [1.29, 1.82) is 0 Å². The second-order valence-electron chi connectivity index (χ2n) is 5.07. The van der Waals surface area contributed by atoms with Crippen molar-refractivity contribution in [2.24, 2.45) is 0 Å². The fraction of sp³-hybridized carbons (Fsp3) is 0.118. The van der Waals surface area contributed by atoms with E-state index < -0.39 is 5.82 Å². The Morgan fingerprint density at radius 3 is 2.83 bits per heavy atom. The average Bonchev–Trinajstić information content (AvgIpc) is 3.00. The maximum Gasteiger partial charge on any atom is 0.262 e. The van der Waals surface area contributed by atoms with Gasteiger partial charge in [0.1, 0.15) is 12.2 Å². The van der Waals surface area contributed by atoms with Gasteiger partial charge in [-0.05, 0) is 37.3 Å². The van der Waals surface area contributed by atoms with Crippen LogP contribution in [0.2, 0.25) is 0 Å². The molecule has 7 heteroatoms. The fourth-order valence-electron chi connectivity index (χ4n) is 2.18. The average molecular weight is 326 g/mol. The van der Waals surface area contributed by atoms with Gasteiger partial charge in [-0.2, -0.15) is 0 Å². The summed E-state index contributed by atoms with van der Waals surface area (Å²) in [4.78, 5) is 12.0. The lowest BCUT2D eigenvalue weighted by Crippen LogP contribution is -2.20. The third kappa shape index (κ3) is 3.57. The van der Waals surface area contributed by atoms with Crippen LogP contribution in [0.4, 0.5) is 10.1 Å². The highest BCUT2D eigenvalue weighted by atomic mass is 19.1. The van der Waals surface area contributed by atoms with Crippen molar-refractivity contribution in [3.8, 4) is 11.4 Å². The highest BCUT2D eigenvalue weighted by Gasteiger charge is 2.08. The highest BCUT2D eigenvalue weighted by molar-refractivity contribution is 5.92. The molecule has 0 radical (unpaired) electrons. The van der Waals surface area contributed by atoms with E-state index in [1.54, 1.807) is 35.2 Å². The molecule has 0 aliphatic rings. The van der Waals surface area contributed by atoms with Gasteiger partial charge in [0.25, 0.3) is 5.91 Å². The van der Waals surface area contributed by atoms with E-state index in [2.05, 4.69) is 15.5 Å². The minimum Gasteiger partial charge on any atom is -0.481 e. The molecule has 6 nitrogen and oxygen atoms in total. The summed E-state index contributed by atoms with van der Waals surface area (Å²) in [6, 6.07) is 13.2. The number of ether oxygens (including phenoxy) is 1. The normalized spacial score (nSPS) is 10.4. The Morgan fingerprint density at radius 1 is 1.25 bits per heavy atom. The van der Waals surface area contributed by atoms with Crippen LogP contribution >= 0.6 is 0 Å². The number of benzene rings is 2. The molecule has 0 atom stereocenters. The van der Waals surface area contributed by atoms with Gasteiger partial charge in [-0.25, -0.2) is 4.39 Å². The molecule has 0 saturated heterocycles. The number of nitrogens with zero attached hydrogens (tertiary/aromatic N) is 3. The smallest absolute Gasteiger partial charge is 0.262 e. The van der Waals surface area contributed by atoms with Crippen molar-refractivity contribution >= 4 is 11.6 Å². The minimum atomic E-state index is -0.504. The van der Waals surface area contributed by atoms with Gasteiger partial charge in [0.05, 0.1) is 5.69 Å². The molecule has 0 aliphatic carbocycles. The molecule has 1 N–H and O–H groups in total. The first-order valence-electron chi connectivity index (χ1n) is 7.28. The zero-order chi connectivity index (χ0) is 16.9. The minimum absolute atomic E-state index is 0.0431. The summed E-state index contributed by atoms with van der Waals surface area (Å²) < 4.78 is 20.4. The molecular formula is C17H15FN4O2. The van der Waals surface area contributed by atoms with Crippen LogP contribution in [0.3, 0.4) is 0 Å². The quantitative estimate of drug-likeness (QED) is 0.783. The topological polar surface area (TPSA) is 69.0 Å². The van der Waals surface area contributed by atoms with Crippen LogP contribution in [0.15, 0.2) is 54.9 Å². The molecule has 3 aromatic rings. The van der Waals surface area contributed by atoms with Gasteiger partial charge in [-0.15, -0.1) is 10.2 Å². The monoisotopic (exact) mass is 326 g/mol. The van der Waals surface area contributed by atoms with Crippen molar-refractivity contribution < 1.29 is 13.9 Å². The summed E-state index contributed by atoms with van der Waals surface area (Å²) in [5, 5.41) is 10.5. The van der Waals surface area contributed by atoms with E-state index in [0.717, 1.165) is 11.5 Å². The number of hydrogen-bond donors (Lipinski definition) is 1. The molecule has 0 saturated carbocycles. The predicted molar refractivity (Wildman–Crippen MR) is 86.6 cm³/mol. The van der Waals surface area contributed by atoms with Crippen molar-refractivity contribution in [3.63, 3.8) is 0 Å². The second-order valence-corrected chi connectivity index (χ2v) is 5.07. The first kappa shape index (κ1) is 15.7. The third-order valence-electron chi connectivity index (χ3n) is 3.32. The van der Waals surface area contributed by atoms with Gasteiger partial charge in [-0.3, -0.25) is 9.36 Å². The predicted octanol–water partition coefficient (Wildman–Crippen LogP) is 2.73. The number of amides is 1. The summed E-state index contributed by atoms with van der Waals surface area (Å²) in [6.45, 7) is 1.55. The first-order chi connectivity index (χ1) is 11.6. The maximum absolute atomic E-state index is 13.4. The van der Waals surface area contributed by atoms with Gasteiger partial charge < -0.3 is 10.1 Å². The molecule has 0 unspecified atom stereocenters. The molecular weight excluding hydrogens is 311 g/mol. The largest absolute Gasteiger partial charge is 0.481 e. The standard InChI is InChI=1S/C17H15FN4O2/c1-12-21-19-11-22(12)14-6-4-5-13(9-14)20-17(23)10-24-16-8-3-2-7-15(16)18/h2-9,11H,10H2,1H3,(H,20,23). The third-order valence-corrected chi connectivity index (χ3v) is 3.32. The lowest BCUT2D eigenvalue weighted by atomic mass is 10.2. The number of hydrogen-bond acceptors (Lipinski definition) is 4.